The van der Waals surface area contributed by atoms with Crippen molar-refractivity contribution in [1.82, 2.24) is 4.31 Å². The van der Waals surface area contributed by atoms with Gasteiger partial charge in [0, 0.05) is 13.1 Å². The highest BCUT2D eigenvalue weighted by Gasteiger charge is 2.29. The Morgan fingerprint density at radius 3 is 2.57 bits per heavy atom. The number of carbonyl (C=O) groups excluding carboxylic acids is 1. The molecular formula is C14H21NO4S2. The molecule has 1 aromatic rings. The van der Waals surface area contributed by atoms with Crippen molar-refractivity contribution in [2.75, 3.05) is 26.2 Å². The van der Waals surface area contributed by atoms with E-state index in [2.05, 4.69) is 4.74 Å². The molecule has 0 aliphatic carbocycles. The molecule has 0 bridgehead atoms. The van der Waals surface area contributed by atoms with Crippen LogP contribution in [0.4, 0.5) is 0 Å². The van der Waals surface area contributed by atoms with Crippen LogP contribution in [0.15, 0.2) is 29.2 Å². The Labute approximate surface area is 130 Å². The van der Waals surface area contributed by atoms with Crippen LogP contribution in [0, 0.1) is 0 Å². The number of benzene rings is 1. The number of methoxy groups -OCH3 is 1. The monoisotopic (exact) mass is 331 g/mol. The first-order valence-electron chi connectivity index (χ1n) is 6.50. The van der Waals surface area contributed by atoms with Crippen molar-refractivity contribution in [2.24, 2.45) is 0 Å². The largest absolute Gasteiger partial charge is 0.465 e. The van der Waals surface area contributed by atoms with E-state index in [4.69, 9.17) is 0 Å². The first kappa shape index (κ1) is 18.0. The van der Waals surface area contributed by atoms with E-state index in [-0.39, 0.29) is 16.5 Å². The first-order valence-corrected chi connectivity index (χ1v) is 9.34. The van der Waals surface area contributed by atoms with Crippen LogP contribution in [0.2, 0.25) is 0 Å². The molecule has 0 saturated carbocycles. The fraction of sp³-hybridized carbons (Fsp3) is 0.500. The van der Waals surface area contributed by atoms with Gasteiger partial charge in [-0.25, -0.2) is 13.2 Å². The molecule has 0 aromatic heterocycles. The molecule has 0 aliphatic rings. The van der Waals surface area contributed by atoms with Crippen molar-refractivity contribution in [1.29, 1.82) is 0 Å². The Bertz CT molecular complexity index is 586. The molecule has 1 atom stereocenters. The van der Waals surface area contributed by atoms with Crippen LogP contribution >= 0.6 is 11.8 Å². The molecule has 1 aromatic carbocycles. The molecule has 1 rings (SSSR count). The van der Waals surface area contributed by atoms with Crippen molar-refractivity contribution >= 4 is 27.8 Å². The normalized spacial score (nSPS) is 13.2. The third-order valence-electron chi connectivity index (χ3n) is 3.31. The quantitative estimate of drug-likeness (QED) is 0.717. The second-order valence-corrected chi connectivity index (χ2v) is 7.59. The van der Waals surface area contributed by atoms with E-state index >= 15 is 0 Å². The van der Waals surface area contributed by atoms with E-state index in [0.29, 0.717) is 0 Å². The Hall–Kier alpha value is -1.05. The summed E-state index contributed by atoms with van der Waals surface area (Å²) in [7, 11) is -0.962. The van der Waals surface area contributed by atoms with Gasteiger partial charge in [0.05, 0.1) is 17.6 Å². The predicted octanol–water partition coefficient (Wildman–Crippen LogP) is 2.24. The number of sulfonamides is 1. The van der Waals surface area contributed by atoms with Crippen molar-refractivity contribution in [3.63, 3.8) is 0 Å². The lowest BCUT2D eigenvalue weighted by Gasteiger charge is -2.24. The Balaban J connectivity index is 3.16. The van der Waals surface area contributed by atoms with Crippen LogP contribution in [0.3, 0.4) is 0 Å². The topological polar surface area (TPSA) is 63.7 Å². The minimum absolute atomic E-state index is 0.0182. The van der Waals surface area contributed by atoms with E-state index < -0.39 is 16.0 Å². The third kappa shape index (κ3) is 4.21. The molecule has 1 unspecified atom stereocenters. The second-order valence-electron chi connectivity index (χ2n) is 4.64. The van der Waals surface area contributed by atoms with Gasteiger partial charge >= 0.3 is 5.97 Å². The molecule has 7 heteroatoms. The van der Waals surface area contributed by atoms with Crippen molar-refractivity contribution < 1.29 is 17.9 Å². The van der Waals surface area contributed by atoms with E-state index in [9.17, 15) is 13.2 Å². The highest BCUT2D eigenvalue weighted by molar-refractivity contribution is 7.98. The molecule has 0 N–H and O–H groups in total. The van der Waals surface area contributed by atoms with Gasteiger partial charge in [-0.3, -0.25) is 0 Å². The summed E-state index contributed by atoms with van der Waals surface area (Å²) >= 11 is 1.67. The third-order valence-corrected chi connectivity index (χ3v) is 5.98. The number of esters is 1. The van der Waals surface area contributed by atoms with Crippen LogP contribution in [-0.4, -0.2) is 50.9 Å². The molecule has 0 spiro atoms. The van der Waals surface area contributed by atoms with Crippen molar-refractivity contribution in [3.8, 4) is 0 Å². The smallest absolute Gasteiger partial charge is 0.339 e. The number of rotatable bonds is 7. The highest BCUT2D eigenvalue weighted by Crippen LogP contribution is 2.22. The van der Waals surface area contributed by atoms with Gasteiger partial charge < -0.3 is 4.74 Å². The maximum atomic E-state index is 12.7. The van der Waals surface area contributed by atoms with E-state index in [1.165, 1.54) is 30.6 Å². The molecule has 118 valence electrons. The Morgan fingerprint density at radius 2 is 2.00 bits per heavy atom. The van der Waals surface area contributed by atoms with Crippen LogP contribution in [0.1, 0.15) is 23.7 Å². The number of ether oxygens (including phenoxy) is 1. The van der Waals surface area contributed by atoms with Gasteiger partial charge in [0.2, 0.25) is 10.0 Å². The molecule has 0 amide bonds. The van der Waals surface area contributed by atoms with Gasteiger partial charge in [0.15, 0.2) is 0 Å². The average molecular weight is 331 g/mol. The molecular weight excluding hydrogens is 310 g/mol. The lowest BCUT2D eigenvalue weighted by Crippen LogP contribution is -2.36. The number of carbonyl (C=O) groups is 1. The first-order chi connectivity index (χ1) is 9.86. The van der Waals surface area contributed by atoms with E-state index in [1.807, 2.05) is 13.2 Å². The minimum atomic E-state index is -3.73. The summed E-state index contributed by atoms with van der Waals surface area (Å²) in [6, 6.07) is 5.95. The van der Waals surface area contributed by atoms with Gasteiger partial charge in [0.1, 0.15) is 0 Å². The highest BCUT2D eigenvalue weighted by atomic mass is 32.2. The molecule has 5 nitrogen and oxygen atoms in total. The maximum absolute atomic E-state index is 12.7. The van der Waals surface area contributed by atoms with Crippen LogP contribution < -0.4 is 0 Å². The number of hydrogen-bond acceptors (Lipinski definition) is 5. The summed E-state index contributed by atoms with van der Waals surface area (Å²) < 4.78 is 31.3. The molecule has 0 heterocycles. The van der Waals surface area contributed by atoms with E-state index in [1.54, 1.807) is 23.9 Å². The summed E-state index contributed by atoms with van der Waals surface area (Å²) in [5.41, 5.74) is 0.0592. The molecule has 0 radical (unpaired) electrons. The number of hydrogen-bond donors (Lipinski definition) is 0. The fourth-order valence-corrected chi connectivity index (χ4v) is 3.98. The lowest BCUT2D eigenvalue weighted by molar-refractivity contribution is 0.0596. The zero-order valence-electron chi connectivity index (χ0n) is 12.7. The zero-order chi connectivity index (χ0) is 16.0. The maximum Gasteiger partial charge on any atom is 0.339 e. The van der Waals surface area contributed by atoms with Gasteiger partial charge in [0.25, 0.3) is 0 Å². The van der Waals surface area contributed by atoms with Crippen molar-refractivity contribution in [3.05, 3.63) is 29.8 Å². The van der Waals surface area contributed by atoms with Crippen LogP contribution in [0.25, 0.3) is 0 Å². The van der Waals surface area contributed by atoms with Crippen molar-refractivity contribution in [2.45, 2.75) is 24.3 Å². The molecule has 0 aliphatic heterocycles. The number of nitrogens with zero attached hydrogens (tertiary/aromatic N) is 1. The van der Waals surface area contributed by atoms with Gasteiger partial charge in [-0.15, -0.1) is 0 Å². The van der Waals surface area contributed by atoms with E-state index in [0.717, 1.165) is 12.2 Å². The zero-order valence-corrected chi connectivity index (χ0v) is 14.3. The lowest BCUT2D eigenvalue weighted by atomic mass is 10.2. The SMILES string of the molecule is COC(=O)c1ccccc1S(=O)(=O)N(C)C(C)CCSC. The van der Waals surface area contributed by atoms with Gasteiger partial charge in [-0.1, -0.05) is 12.1 Å². The molecule has 0 fully saturated rings. The van der Waals surface area contributed by atoms with Crippen LogP contribution in [0.5, 0.6) is 0 Å². The fourth-order valence-electron chi connectivity index (χ4n) is 1.83. The molecule has 21 heavy (non-hydrogen) atoms. The summed E-state index contributed by atoms with van der Waals surface area (Å²) in [5.74, 6) is 0.221. The molecule has 0 saturated heterocycles. The summed E-state index contributed by atoms with van der Waals surface area (Å²) in [6.45, 7) is 1.86. The standard InChI is InChI=1S/C14H21NO4S2/c1-11(9-10-20-4)15(2)21(17,18)13-8-6-5-7-12(13)14(16)19-3/h5-8,11H,9-10H2,1-4H3. The predicted molar refractivity (Wildman–Crippen MR) is 85.2 cm³/mol. The minimum Gasteiger partial charge on any atom is -0.465 e. The summed E-state index contributed by atoms with van der Waals surface area (Å²) in [6.07, 6.45) is 2.73. The Morgan fingerprint density at radius 1 is 1.38 bits per heavy atom. The van der Waals surface area contributed by atoms with Crippen LogP contribution in [-0.2, 0) is 14.8 Å². The second kappa shape index (κ2) is 7.82. The summed E-state index contributed by atoms with van der Waals surface area (Å²) in [5, 5.41) is 0. The average Bonchev–Trinajstić information content (AvgIpc) is 2.50. The van der Waals surface area contributed by atoms with Gasteiger partial charge in [-0.05, 0) is 37.5 Å². The summed E-state index contributed by atoms with van der Waals surface area (Å²) in [4.78, 5) is 11.7. The number of thioether (sulfide) groups is 1. The Kier molecular flexibility index (Phi) is 6.70. The van der Waals surface area contributed by atoms with Gasteiger partial charge in [-0.2, -0.15) is 16.1 Å².